The molecule has 3 N–H and O–H groups in total. The summed E-state index contributed by atoms with van der Waals surface area (Å²) in [6, 6.07) is 4.29. The van der Waals surface area contributed by atoms with E-state index < -0.39 is 0 Å². The number of hydrogen-bond acceptors (Lipinski definition) is 3. The number of aromatic hydroxyl groups is 2. The van der Waals surface area contributed by atoms with E-state index in [2.05, 4.69) is 5.32 Å². The predicted octanol–water partition coefficient (Wildman–Crippen LogP) is 1.24. The monoisotopic (exact) mass is 195 g/mol. The highest BCUT2D eigenvalue weighted by molar-refractivity contribution is 5.97. The van der Waals surface area contributed by atoms with Gasteiger partial charge < -0.3 is 15.5 Å². The second-order valence-electron chi connectivity index (χ2n) is 2.93. The lowest BCUT2D eigenvalue weighted by atomic mass is 10.1. The Bertz CT molecular complexity index is 336. The Morgan fingerprint density at radius 2 is 2.14 bits per heavy atom. The second kappa shape index (κ2) is 4.50. The summed E-state index contributed by atoms with van der Waals surface area (Å²) in [5, 5.41) is 21.1. The van der Waals surface area contributed by atoms with Gasteiger partial charge in [0.05, 0.1) is 5.56 Å². The standard InChI is InChI=1S/C10H13NO3/c1-2-6-11-10(14)7-4-3-5-8(12)9(7)13/h3-5,12-13H,2,6H2,1H3,(H,11,14). The van der Waals surface area contributed by atoms with E-state index in [0.717, 1.165) is 6.42 Å². The minimum Gasteiger partial charge on any atom is -0.504 e. The molecule has 0 saturated carbocycles. The summed E-state index contributed by atoms with van der Waals surface area (Å²) in [6.45, 7) is 2.48. The Kier molecular flexibility index (Phi) is 3.34. The number of phenols is 2. The van der Waals surface area contributed by atoms with Crippen LogP contribution < -0.4 is 5.32 Å². The van der Waals surface area contributed by atoms with E-state index in [0.29, 0.717) is 6.54 Å². The normalized spacial score (nSPS) is 9.79. The van der Waals surface area contributed by atoms with Crippen molar-refractivity contribution in [1.82, 2.24) is 5.32 Å². The Labute approximate surface area is 82.2 Å². The molecule has 4 heteroatoms. The van der Waals surface area contributed by atoms with Crippen LogP contribution in [-0.4, -0.2) is 22.7 Å². The SMILES string of the molecule is CCCNC(=O)c1cccc(O)c1O. The number of rotatable bonds is 3. The lowest BCUT2D eigenvalue weighted by Crippen LogP contribution is -2.23. The number of para-hydroxylation sites is 1. The molecule has 0 radical (unpaired) electrons. The molecule has 0 unspecified atom stereocenters. The van der Waals surface area contributed by atoms with Crippen LogP contribution in [0, 0.1) is 0 Å². The molecule has 4 nitrogen and oxygen atoms in total. The lowest BCUT2D eigenvalue weighted by Gasteiger charge is -2.06. The molecule has 1 aromatic rings. The van der Waals surface area contributed by atoms with Crippen LogP contribution in [0.25, 0.3) is 0 Å². The smallest absolute Gasteiger partial charge is 0.255 e. The second-order valence-corrected chi connectivity index (χ2v) is 2.93. The summed E-state index contributed by atoms with van der Waals surface area (Å²) in [6.07, 6.45) is 0.825. The minimum atomic E-state index is -0.375. The summed E-state index contributed by atoms with van der Waals surface area (Å²) in [7, 11) is 0. The molecule has 0 spiro atoms. The fraction of sp³-hybridized carbons (Fsp3) is 0.300. The van der Waals surface area contributed by atoms with Gasteiger partial charge in [0.2, 0.25) is 0 Å². The van der Waals surface area contributed by atoms with Gasteiger partial charge in [-0.25, -0.2) is 0 Å². The van der Waals surface area contributed by atoms with Crippen molar-refractivity contribution in [3.63, 3.8) is 0 Å². The highest BCUT2D eigenvalue weighted by Gasteiger charge is 2.12. The number of nitrogens with one attached hydrogen (secondary N) is 1. The number of phenolic OH excluding ortho intramolecular Hbond substituents is 2. The van der Waals surface area contributed by atoms with E-state index in [1.165, 1.54) is 18.2 Å². The molecule has 1 rings (SSSR count). The molecule has 0 aromatic heterocycles. The third kappa shape index (κ3) is 2.16. The third-order valence-corrected chi connectivity index (χ3v) is 1.79. The van der Waals surface area contributed by atoms with Gasteiger partial charge in [-0.05, 0) is 18.6 Å². The zero-order chi connectivity index (χ0) is 10.6. The third-order valence-electron chi connectivity index (χ3n) is 1.79. The molecule has 0 aliphatic carbocycles. The van der Waals surface area contributed by atoms with Gasteiger partial charge in [-0.15, -0.1) is 0 Å². The molecule has 0 heterocycles. The molecule has 0 aliphatic heterocycles. The zero-order valence-electron chi connectivity index (χ0n) is 7.95. The van der Waals surface area contributed by atoms with Crippen molar-refractivity contribution in [2.45, 2.75) is 13.3 Å². The summed E-state index contributed by atoms with van der Waals surface area (Å²) in [4.78, 5) is 11.4. The first-order chi connectivity index (χ1) is 6.66. The van der Waals surface area contributed by atoms with E-state index in [4.69, 9.17) is 5.11 Å². The van der Waals surface area contributed by atoms with Crippen LogP contribution in [0.5, 0.6) is 11.5 Å². The highest BCUT2D eigenvalue weighted by Crippen LogP contribution is 2.27. The summed E-state index contributed by atoms with van der Waals surface area (Å²) in [5.74, 6) is -1.03. The van der Waals surface area contributed by atoms with Crippen LogP contribution in [0.4, 0.5) is 0 Å². The average molecular weight is 195 g/mol. The van der Waals surface area contributed by atoms with Crippen LogP contribution >= 0.6 is 0 Å². The topological polar surface area (TPSA) is 69.6 Å². The van der Waals surface area contributed by atoms with Crippen molar-refractivity contribution in [2.75, 3.05) is 6.54 Å². The van der Waals surface area contributed by atoms with Crippen LogP contribution in [0.1, 0.15) is 23.7 Å². The fourth-order valence-electron chi connectivity index (χ4n) is 1.05. The van der Waals surface area contributed by atoms with Crippen LogP contribution in [0.2, 0.25) is 0 Å². The Morgan fingerprint density at radius 3 is 2.79 bits per heavy atom. The van der Waals surface area contributed by atoms with E-state index in [1.54, 1.807) is 0 Å². The van der Waals surface area contributed by atoms with Gasteiger partial charge in [0.25, 0.3) is 5.91 Å². The molecule has 1 aromatic carbocycles. The highest BCUT2D eigenvalue weighted by atomic mass is 16.3. The van der Waals surface area contributed by atoms with E-state index in [9.17, 15) is 9.90 Å². The first-order valence-electron chi connectivity index (χ1n) is 4.46. The Hall–Kier alpha value is -1.71. The maximum Gasteiger partial charge on any atom is 0.255 e. The maximum absolute atomic E-state index is 11.4. The number of amides is 1. The van der Waals surface area contributed by atoms with Gasteiger partial charge in [-0.2, -0.15) is 0 Å². The van der Waals surface area contributed by atoms with Crippen molar-refractivity contribution >= 4 is 5.91 Å². The zero-order valence-corrected chi connectivity index (χ0v) is 7.95. The van der Waals surface area contributed by atoms with Gasteiger partial charge in [0.1, 0.15) is 0 Å². The minimum absolute atomic E-state index is 0.0958. The van der Waals surface area contributed by atoms with Gasteiger partial charge in [0, 0.05) is 6.54 Å². The van der Waals surface area contributed by atoms with E-state index in [1.807, 2.05) is 6.92 Å². The number of carbonyl (C=O) groups excluding carboxylic acids is 1. The maximum atomic E-state index is 11.4. The lowest BCUT2D eigenvalue weighted by molar-refractivity contribution is 0.0950. The van der Waals surface area contributed by atoms with Crippen LogP contribution in [0.3, 0.4) is 0 Å². The van der Waals surface area contributed by atoms with E-state index in [-0.39, 0.29) is 23.0 Å². The van der Waals surface area contributed by atoms with Crippen molar-refractivity contribution in [2.24, 2.45) is 0 Å². The molecule has 76 valence electrons. The van der Waals surface area contributed by atoms with Crippen molar-refractivity contribution in [3.8, 4) is 11.5 Å². The van der Waals surface area contributed by atoms with Gasteiger partial charge >= 0.3 is 0 Å². The summed E-state index contributed by atoms with van der Waals surface area (Å²) in [5.41, 5.74) is 0.0958. The molecule has 0 saturated heterocycles. The molecule has 14 heavy (non-hydrogen) atoms. The van der Waals surface area contributed by atoms with E-state index >= 15 is 0 Å². The summed E-state index contributed by atoms with van der Waals surface area (Å²) >= 11 is 0. The van der Waals surface area contributed by atoms with Crippen molar-refractivity contribution in [3.05, 3.63) is 23.8 Å². The van der Waals surface area contributed by atoms with Gasteiger partial charge in [-0.1, -0.05) is 13.0 Å². The molecule has 0 bridgehead atoms. The van der Waals surface area contributed by atoms with Crippen molar-refractivity contribution < 1.29 is 15.0 Å². The molecule has 1 amide bonds. The molecular weight excluding hydrogens is 182 g/mol. The largest absolute Gasteiger partial charge is 0.504 e. The predicted molar refractivity (Wildman–Crippen MR) is 52.4 cm³/mol. The average Bonchev–Trinajstić information content (AvgIpc) is 2.18. The first kappa shape index (κ1) is 10.4. The first-order valence-corrected chi connectivity index (χ1v) is 4.46. The molecular formula is C10H13NO3. The quantitative estimate of drug-likeness (QED) is 0.635. The Balaban J connectivity index is 2.84. The molecule has 0 fully saturated rings. The van der Waals surface area contributed by atoms with Gasteiger partial charge in [0.15, 0.2) is 11.5 Å². The van der Waals surface area contributed by atoms with Crippen LogP contribution in [-0.2, 0) is 0 Å². The number of carbonyl (C=O) groups is 1. The fourth-order valence-corrected chi connectivity index (χ4v) is 1.05. The Morgan fingerprint density at radius 1 is 1.43 bits per heavy atom. The number of hydrogen-bond donors (Lipinski definition) is 3. The molecule has 0 atom stereocenters. The van der Waals surface area contributed by atoms with Gasteiger partial charge in [-0.3, -0.25) is 4.79 Å². The number of benzene rings is 1. The summed E-state index contributed by atoms with van der Waals surface area (Å²) < 4.78 is 0. The van der Waals surface area contributed by atoms with Crippen LogP contribution in [0.15, 0.2) is 18.2 Å². The van der Waals surface area contributed by atoms with Crippen molar-refractivity contribution in [1.29, 1.82) is 0 Å². The molecule has 0 aliphatic rings.